The van der Waals surface area contributed by atoms with E-state index in [1.165, 1.54) is 23.2 Å². The van der Waals surface area contributed by atoms with Gasteiger partial charge >= 0.3 is 0 Å². The zero-order valence-corrected chi connectivity index (χ0v) is 14.8. The van der Waals surface area contributed by atoms with Gasteiger partial charge in [0.15, 0.2) is 4.96 Å². The maximum atomic E-state index is 4.90. The van der Waals surface area contributed by atoms with E-state index in [9.17, 15) is 0 Å². The molecule has 0 saturated carbocycles. The maximum Gasteiger partial charge on any atom is 0.194 e. The number of nitrogens with zero attached hydrogens (tertiary/aromatic N) is 3. The monoisotopic (exact) mass is 351 g/mol. The molecule has 3 aromatic heterocycles. The van der Waals surface area contributed by atoms with Gasteiger partial charge in [0.25, 0.3) is 0 Å². The van der Waals surface area contributed by atoms with Crippen LogP contribution in [0.1, 0.15) is 16.1 Å². The summed E-state index contributed by atoms with van der Waals surface area (Å²) in [5, 5.41) is 4.34. The molecule has 0 bridgehead atoms. The highest BCUT2D eigenvalue weighted by atomic mass is 32.1. The van der Waals surface area contributed by atoms with Crippen molar-refractivity contribution in [3.05, 3.63) is 69.5 Å². The first-order valence-corrected chi connectivity index (χ1v) is 9.92. The predicted molar refractivity (Wildman–Crippen MR) is 101 cm³/mol. The number of imidazole rings is 1. The predicted octanol–water partition coefficient (Wildman–Crippen LogP) is 4.68. The molecule has 0 radical (unpaired) electrons. The third kappa shape index (κ3) is 2.40. The van der Waals surface area contributed by atoms with Crippen LogP contribution in [-0.4, -0.2) is 20.8 Å². The van der Waals surface area contributed by atoms with Crippen LogP contribution < -0.4 is 0 Å². The lowest BCUT2D eigenvalue weighted by atomic mass is 10.1. The summed E-state index contributed by atoms with van der Waals surface area (Å²) in [5.41, 5.74) is 5.13. The standard InChI is InChI=1S/C19H17N3S2/c1-2-4-14(5-3-1)18-16(22-9-11-24-19(22)20-18)13-21-8-6-17-15(12-21)7-10-23-17/h1-5,7,9-11H,6,8,12-13H2. The molecule has 0 amide bonds. The summed E-state index contributed by atoms with van der Waals surface area (Å²) in [5.74, 6) is 0. The topological polar surface area (TPSA) is 20.5 Å². The van der Waals surface area contributed by atoms with Crippen LogP contribution in [0.5, 0.6) is 0 Å². The van der Waals surface area contributed by atoms with E-state index in [1.54, 1.807) is 16.2 Å². The molecule has 0 saturated heterocycles. The molecule has 0 atom stereocenters. The van der Waals surface area contributed by atoms with E-state index in [2.05, 4.69) is 62.7 Å². The van der Waals surface area contributed by atoms with Gasteiger partial charge in [-0.1, -0.05) is 30.3 Å². The van der Waals surface area contributed by atoms with Gasteiger partial charge in [-0.3, -0.25) is 9.30 Å². The molecule has 5 rings (SSSR count). The Kier molecular flexibility index (Phi) is 3.51. The van der Waals surface area contributed by atoms with Crippen LogP contribution in [0.3, 0.4) is 0 Å². The van der Waals surface area contributed by atoms with Crippen LogP contribution >= 0.6 is 22.7 Å². The fourth-order valence-corrected chi connectivity index (χ4v) is 5.09. The fraction of sp³-hybridized carbons (Fsp3) is 0.211. The van der Waals surface area contributed by atoms with Gasteiger partial charge in [-0.15, -0.1) is 22.7 Å². The number of thiophene rings is 1. The lowest BCUT2D eigenvalue weighted by molar-refractivity contribution is 0.244. The molecule has 4 heterocycles. The third-order valence-corrected chi connectivity index (χ3v) is 6.45. The summed E-state index contributed by atoms with van der Waals surface area (Å²) in [6, 6.07) is 12.8. The quantitative estimate of drug-likeness (QED) is 0.534. The largest absolute Gasteiger partial charge is 0.293 e. The van der Waals surface area contributed by atoms with Crippen molar-refractivity contribution >= 4 is 27.6 Å². The molecule has 0 N–H and O–H groups in total. The summed E-state index contributed by atoms with van der Waals surface area (Å²) in [4.78, 5) is 10.1. The van der Waals surface area contributed by atoms with Gasteiger partial charge in [0.2, 0.25) is 0 Å². The lowest BCUT2D eigenvalue weighted by Gasteiger charge is -2.26. The first kappa shape index (κ1) is 14.4. The molecule has 3 nitrogen and oxygen atoms in total. The van der Waals surface area contributed by atoms with Crippen molar-refractivity contribution in [1.29, 1.82) is 0 Å². The van der Waals surface area contributed by atoms with Crippen LogP contribution in [0.25, 0.3) is 16.2 Å². The molecular formula is C19H17N3S2. The minimum Gasteiger partial charge on any atom is -0.293 e. The van der Waals surface area contributed by atoms with Crippen molar-refractivity contribution in [2.24, 2.45) is 0 Å². The molecule has 120 valence electrons. The van der Waals surface area contributed by atoms with E-state index in [1.807, 2.05) is 11.3 Å². The molecule has 4 aromatic rings. The Morgan fingerprint density at radius 2 is 1.96 bits per heavy atom. The highest BCUT2D eigenvalue weighted by Crippen LogP contribution is 2.30. The SMILES string of the molecule is c1ccc(-c2nc3sccn3c2CN2CCc3sccc3C2)cc1. The Morgan fingerprint density at radius 3 is 2.88 bits per heavy atom. The zero-order chi connectivity index (χ0) is 15.9. The molecular weight excluding hydrogens is 334 g/mol. The first-order chi connectivity index (χ1) is 11.9. The average molecular weight is 352 g/mol. The van der Waals surface area contributed by atoms with Crippen LogP contribution in [0.4, 0.5) is 0 Å². The van der Waals surface area contributed by atoms with Crippen molar-refractivity contribution in [1.82, 2.24) is 14.3 Å². The van der Waals surface area contributed by atoms with E-state index in [-0.39, 0.29) is 0 Å². The highest BCUT2D eigenvalue weighted by molar-refractivity contribution is 7.15. The Labute approximate surface area is 148 Å². The van der Waals surface area contributed by atoms with Crippen LogP contribution in [0, 0.1) is 0 Å². The second-order valence-corrected chi connectivity index (χ2v) is 8.03. The molecule has 1 aromatic carbocycles. The summed E-state index contributed by atoms with van der Waals surface area (Å²) in [6.45, 7) is 3.11. The lowest BCUT2D eigenvalue weighted by Crippen LogP contribution is -2.29. The van der Waals surface area contributed by atoms with Gasteiger partial charge in [0.05, 0.1) is 11.4 Å². The van der Waals surface area contributed by atoms with E-state index >= 15 is 0 Å². The van der Waals surface area contributed by atoms with Crippen LogP contribution in [0.2, 0.25) is 0 Å². The Bertz CT molecular complexity index is 981. The Morgan fingerprint density at radius 1 is 1.04 bits per heavy atom. The molecule has 0 aliphatic carbocycles. The molecule has 0 unspecified atom stereocenters. The smallest absolute Gasteiger partial charge is 0.194 e. The number of hydrogen-bond donors (Lipinski definition) is 0. The van der Waals surface area contributed by atoms with Crippen molar-refractivity contribution in [2.45, 2.75) is 19.5 Å². The van der Waals surface area contributed by atoms with Gasteiger partial charge in [-0.25, -0.2) is 4.98 Å². The number of fused-ring (bicyclic) bond motifs is 2. The van der Waals surface area contributed by atoms with Gasteiger partial charge in [-0.05, 0) is 23.4 Å². The van der Waals surface area contributed by atoms with Gasteiger partial charge in [0.1, 0.15) is 0 Å². The highest BCUT2D eigenvalue weighted by Gasteiger charge is 2.21. The minimum atomic E-state index is 0.942. The molecule has 1 aliphatic heterocycles. The normalized spacial score (nSPS) is 15.0. The van der Waals surface area contributed by atoms with Crippen molar-refractivity contribution in [2.75, 3.05) is 6.54 Å². The Balaban J connectivity index is 1.53. The molecule has 0 fully saturated rings. The number of thiazole rings is 1. The first-order valence-electron chi connectivity index (χ1n) is 8.16. The molecule has 1 aliphatic rings. The van der Waals surface area contributed by atoms with Crippen LogP contribution in [0.15, 0.2) is 53.4 Å². The Hall–Kier alpha value is -1.95. The number of rotatable bonds is 3. The summed E-state index contributed by atoms with van der Waals surface area (Å²) >= 11 is 3.60. The van der Waals surface area contributed by atoms with Crippen LogP contribution in [-0.2, 0) is 19.5 Å². The minimum absolute atomic E-state index is 0.942. The van der Waals surface area contributed by atoms with Gasteiger partial charge < -0.3 is 0 Å². The summed E-state index contributed by atoms with van der Waals surface area (Å²) in [7, 11) is 0. The molecule has 5 heteroatoms. The maximum absolute atomic E-state index is 4.90. The van der Waals surface area contributed by atoms with Crippen molar-refractivity contribution in [3.63, 3.8) is 0 Å². The number of aromatic nitrogens is 2. The number of hydrogen-bond acceptors (Lipinski definition) is 4. The van der Waals surface area contributed by atoms with E-state index in [4.69, 9.17) is 4.98 Å². The second kappa shape index (κ2) is 5.84. The average Bonchev–Trinajstić information content (AvgIpc) is 3.32. The summed E-state index contributed by atoms with van der Waals surface area (Å²) < 4.78 is 2.26. The van der Waals surface area contributed by atoms with Gasteiger partial charge in [-0.2, -0.15) is 0 Å². The van der Waals surface area contributed by atoms with Gasteiger partial charge in [0, 0.05) is 41.7 Å². The van der Waals surface area contributed by atoms with Crippen molar-refractivity contribution in [3.8, 4) is 11.3 Å². The van der Waals surface area contributed by atoms with Crippen molar-refractivity contribution < 1.29 is 0 Å². The van der Waals surface area contributed by atoms with E-state index in [0.29, 0.717) is 0 Å². The molecule has 0 spiro atoms. The van der Waals surface area contributed by atoms with E-state index < -0.39 is 0 Å². The fourth-order valence-electron chi connectivity index (χ4n) is 3.46. The molecule has 24 heavy (non-hydrogen) atoms. The second-order valence-electron chi connectivity index (χ2n) is 6.16. The zero-order valence-electron chi connectivity index (χ0n) is 13.2. The summed E-state index contributed by atoms with van der Waals surface area (Å²) in [6.07, 6.45) is 3.31. The third-order valence-electron chi connectivity index (χ3n) is 4.67. The van der Waals surface area contributed by atoms with E-state index in [0.717, 1.165) is 30.3 Å². The number of benzene rings is 1.